The lowest BCUT2D eigenvalue weighted by atomic mass is 10.2. The lowest BCUT2D eigenvalue weighted by Gasteiger charge is -2.13. The van der Waals surface area contributed by atoms with Gasteiger partial charge in [-0.1, -0.05) is 23.4 Å². The van der Waals surface area contributed by atoms with Gasteiger partial charge in [0.2, 0.25) is 0 Å². The Morgan fingerprint density at radius 3 is 2.68 bits per heavy atom. The number of aryl methyl sites for hydroxylation is 2. The summed E-state index contributed by atoms with van der Waals surface area (Å²) in [6.07, 6.45) is 3.41. The highest BCUT2D eigenvalue weighted by Crippen LogP contribution is 2.31. The molecule has 1 N–H and O–H groups in total. The highest BCUT2D eigenvalue weighted by molar-refractivity contribution is 7.98. The fourth-order valence-corrected chi connectivity index (χ4v) is 2.43. The van der Waals surface area contributed by atoms with Crippen LogP contribution in [-0.2, 0) is 0 Å². The second-order valence-electron chi connectivity index (χ2n) is 4.61. The molecule has 0 unspecified atom stereocenters. The van der Waals surface area contributed by atoms with Crippen molar-refractivity contribution in [1.29, 1.82) is 0 Å². The Balaban J connectivity index is 2.31. The molecule has 0 aliphatic carbocycles. The average molecular weight is 338 g/mol. The number of halogens is 1. The standard InChI is InChI=1S/C15H16ClN3O2S/c1-8-5-12(13(21-3)6-11(8)16)19-14(20)10-7-17-15(22-4)18-9(10)2/h5-7H,1-4H3,(H,19,20). The number of thioether (sulfide) groups is 1. The third kappa shape index (κ3) is 3.51. The fraction of sp³-hybridized carbons (Fsp3) is 0.267. The molecule has 0 aliphatic heterocycles. The number of anilines is 1. The Morgan fingerprint density at radius 2 is 2.09 bits per heavy atom. The van der Waals surface area contributed by atoms with Gasteiger partial charge in [0.25, 0.3) is 5.91 Å². The van der Waals surface area contributed by atoms with Crippen molar-refractivity contribution in [1.82, 2.24) is 9.97 Å². The van der Waals surface area contributed by atoms with Gasteiger partial charge in [-0.2, -0.15) is 0 Å². The summed E-state index contributed by atoms with van der Waals surface area (Å²) in [7, 11) is 1.53. The zero-order valence-corrected chi connectivity index (χ0v) is 14.3. The third-order valence-electron chi connectivity index (χ3n) is 3.11. The van der Waals surface area contributed by atoms with Gasteiger partial charge in [0.15, 0.2) is 5.16 Å². The zero-order chi connectivity index (χ0) is 16.3. The number of carbonyl (C=O) groups is 1. The summed E-state index contributed by atoms with van der Waals surface area (Å²) in [5, 5.41) is 4.03. The van der Waals surface area contributed by atoms with Crippen molar-refractivity contribution in [3.63, 3.8) is 0 Å². The van der Waals surface area contributed by atoms with E-state index in [0.717, 1.165) is 5.56 Å². The van der Waals surface area contributed by atoms with Gasteiger partial charge in [-0.05, 0) is 31.7 Å². The van der Waals surface area contributed by atoms with Crippen LogP contribution in [0.4, 0.5) is 5.69 Å². The van der Waals surface area contributed by atoms with Crippen LogP contribution < -0.4 is 10.1 Å². The minimum atomic E-state index is -0.287. The van der Waals surface area contributed by atoms with E-state index in [2.05, 4.69) is 15.3 Å². The minimum absolute atomic E-state index is 0.287. The summed E-state index contributed by atoms with van der Waals surface area (Å²) >= 11 is 7.49. The number of amides is 1. The van der Waals surface area contributed by atoms with Gasteiger partial charge < -0.3 is 10.1 Å². The number of nitrogens with zero attached hydrogens (tertiary/aromatic N) is 2. The van der Waals surface area contributed by atoms with E-state index >= 15 is 0 Å². The number of ether oxygens (including phenoxy) is 1. The van der Waals surface area contributed by atoms with Crippen molar-refractivity contribution < 1.29 is 9.53 Å². The molecule has 0 saturated carbocycles. The van der Waals surface area contributed by atoms with Gasteiger partial charge in [0.1, 0.15) is 5.75 Å². The summed E-state index contributed by atoms with van der Waals surface area (Å²) in [4.78, 5) is 20.8. The first kappa shape index (κ1) is 16.6. The van der Waals surface area contributed by atoms with Crippen LogP contribution in [-0.4, -0.2) is 29.2 Å². The second kappa shape index (κ2) is 6.98. The molecule has 1 aromatic carbocycles. The van der Waals surface area contributed by atoms with E-state index in [-0.39, 0.29) is 5.91 Å². The number of carbonyl (C=O) groups excluding carboxylic acids is 1. The molecular formula is C15H16ClN3O2S. The monoisotopic (exact) mass is 337 g/mol. The first-order valence-electron chi connectivity index (χ1n) is 6.49. The van der Waals surface area contributed by atoms with Crippen LogP contribution in [0.5, 0.6) is 5.75 Å². The Bertz CT molecular complexity index is 722. The van der Waals surface area contributed by atoms with Gasteiger partial charge >= 0.3 is 0 Å². The maximum atomic E-state index is 12.4. The smallest absolute Gasteiger partial charge is 0.259 e. The van der Waals surface area contributed by atoms with Crippen molar-refractivity contribution >= 4 is 35.0 Å². The molecule has 0 saturated heterocycles. The molecule has 0 aliphatic rings. The van der Waals surface area contributed by atoms with E-state index in [4.69, 9.17) is 16.3 Å². The van der Waals surface area contributed by atoms with Gasteiger partial charge in [0.05, 0.1) is 24.1 Å². The van der Waals surface area contributed by atoms with Crippen molar-refractivity contribution in [2.75, 3.05) is 18.7 Å². The quantitative estimate of drug-likeness (QED) is 0.680. The second-order valence-corrected chi connectivity index (χ2v) is 5.79. The van der Waals surface area contributed by atoms with Crippen molar-refractivity contribution in [2.24, 2.45) is 0 Å². The molecule has 7 heteroatoms. The lowest BCUT2D eigenvalue weighted by molar-refractivity contribution is 0.102. The van der Waals surface area contributed by atoms with Crippen LogP contribution in [0.2, 0.25) is 5.02 Å². The molecule has 0 fully saturated rings. The summed E-state index contributed by atoms with van der Waals surface area (Å²) < 4.78 is 5.25. The molecule has 116 valence electrons. The Labute approximate surface area is 138 Å². The van der Waals surface area contributed by atoms with Crippen LogP contribution in [0.3, 0.4) is 0 Å². The molecule has 5 nitrogen and oxygen atoms in total. The van der Waals surface area contributed by atoms with E-state index in [1.807, 2.05) is 13.2 Å². The Hall–Kier alpha value is -1.79. The Kier molecular flexibility index (Phi) is 5.26. The predicted octanol–water partition coefficient (Wildman–Crippen LogP) is 3.73. The molecule has 1 aromatic heterocycles. The SMILES string of the molecule is COc1cc(Cl)c(C)cc1NC(=O)c1cnc(SC)nc1C. The van der Waals surface area contributed by atoms with Gasteiger partial charge in [-0.25, -0.2) is 9.97 Å². The summed E-state index contributed by atoms with van der Waals surface area (Å²) in [5.41, 5.74) is 2.46. The highest BCUT2D eigenvalue weighted by Gasteiger charge is 2.15. The summed E-state index contributed by atoms with van der Waals surface area (Å²) in [5.74, 6) is 0.216. The summed E-state index contributed by atoms with van der Waals surface area (Å²) in [6.45, 7) is 3.64. The highest BCUT2D eigenvalue weighted by atomic mass is 35.5. The van der Waals surface area contributed by atoms with Crippen LogP contribution in [0.1, 0.15) is 21.6 Å². The van der Waals surface area contributed by atoms with E-state index in [1.165, 1.54) is 25.1 Å². The molecule has 0 atom stereocenters. The van der Waals surface area contributed by atoms with E-state index < -0.39 is 0 Å². The number of aromatic nitrogens is 2. The molecule has 1 heterocycles. The molecule has 22 heavy (non-hydrogen) atoms. The molecule has 0 spiro atoms. The van der Waals surface area contributed by atoms with Gasteiger partial charge in [0, 0.05) is 17.3 Å². The fourth-order valence-electron chi connectivity index (χ4n) is 1.89. The van der Waals surface area contributed by atoms with Gasteiger partial charge in [-0.15, -0.1) is 0 Å². The molecule has 1 amide bonds. The van der Waals surface area contributed by atoms with Crippen LogP contribution >= 0.6 is 23.4 Å². The minimum Gasteiger partial charge on any atom is -0.495 e. The molecule has 0 bridgehead atoms. The summed E-state index contributed by atoms with van der Waals surface area (Å²) in [6, 6.07) is 3.44. The number of nitrogens with one attached hydrogen (secondary N) is 1. The van der Waals surface area contributed by atoms with Crippen molar-refractivity contribution in [3.05, 3.63) is 40.2 Å². The molecule has 0 radical (unpaired) electrons. The maximum absolute atomic E-state index is 12.4. The third-order valence-corrected chi connectivity index (χ3v) is 4.08. The first-order valence-corrected chi connectivity index (χ1v) is 8.09. The van der Waals surface area contributed by atoms with E-state index in [1.54, 1.807) is 19.1 Å². The topological polar surface area (TPSA) is 64.1 Å². The number of methoxy groups -OCH3 is 1. The van der Waals surface area contributed by atoms with Crippen LogP contribution in [0.15, 0.2) is 23.5 Å². The first-order chi connectivity index (χ1) is 10.5. The van der Waals surface area contributed by atoms with Crippen molar-refractivity contribution in [3.8, 4) is 5.75 Å². The Morgan fingerprint density at radius 1 is 1.36 bits per heavy atom. The van der Waals surface area contributed by atoms with E-state index in [9.17, 15) is 4.79 Å². The zero-order valence-electron chi connectivity index (χ0n) is 12.7. The largest absolute Gasteiger partial charge is 0.495 e. The number of hydrogen-bond acceptors (Lipinski definition) is 5. The molecule has 2 aromatic rings. The normalized spacial score (nSPS) is 10.4. The van der Waals surface area contributed by atoms with E-state index in [0.29, 0.717) is 32.9 Å². The number of hydrogen-bond donors (Lipinski definition) is 1. The van der Waals surface area contributed by atoms with Gasteiger partial charge in [-0.3, -0.25) is 4.79 Å². The van der Waals surface area contributed by atoms with Crippen LogP contribution in [0.25, 0.3) is 0 Å². The average Bonchev–Trinajstić information content (AvgIpc) is 2.50. The maximum Gasteiger partial charge on any atom is 0.259 e. The predicted molar refractivity (Wildman–Crippen MR) is 89.2 cm³/mol. The number of rotatable bonds is 4. The lowest BCUT2D eigenvalue weighted by Crippen LogP contribution is -2.15. The molecular weight excluding hydrogens is 322 g/mol. The van der Waals surface area contributed by atoms with Crippen molar-refractivity contribution in [2.45, 2.75) is 19.0 Å². The van der Waals surface area contributed by atoms with Crippen LogP contribution in [0, 0.1) is 13.8 Å². The number of benzene rings is 1. The molecule has 2 rings (SSSR count).